The van der Waals surface area contributed by atoms with Gasteiger partial charge in [-0.1, -0.05) is 76.1 Å². The first-order chi connectivity index (χ1) is 15.1. The molecule has 0 aliphatic rings. The molecule has 156 valence electrons. The second-order valence-corrected chi connectivity index (χ2v) is 8.38. The monoisotopic (exact) mass is 473 g/mol. The van der Waals surface area contributed by atoms with Crippen LogP contribution in [0, 0.1) is 6.92 Å². The summed E-state index contributed by atoms with van der Waals surface area (Å²) in [6, 6.07) is 19.7. The van der Waals surface area contributed by atoms with Crippen LogP contribution in [0.25, 0.3) is 6.08 Å². The second kappa shape index (κ2) is 9.75. The van der Waals surface area contributed by atoms with E-state index in [-0.39, 0.29) is 5.78 Å². The fourth-order valence-electron chi connectivity index (χ4n) is 3.46. The van der Waals surface area contributed by atoms with Crippen LogP contribution < -0.4 is 0 Å². The molecule has 0 saturated carbocycles. The zero-order chi connectivity index (χ0) is 21.6. The number of aryl methyl sites for hydroxylation is 3. The number of rotatable bonds is 8. The zero-order valence-electron chi connectivity index (χ0n) is 17.4. The van der Waals surface area contributed by atoms with Crippen LogP contribution in [-0.2, 0) is 19.5 Å². The van der Waals surface area contributed by atoms with Crippen molar-refractivity contribution in [3.05, 3.63) is 118 Å². The number of halogens is 1. The Morgan fingerprint density at radius 2 is 1.87 bits per heavy atom. The van der Waals surface area contributed by atoms with Gasteiger partial charge in [0, 0.05) is 41.1 Å². The molecule has 4 aromatic rings. The molecule has 0 aliphatic heterocycles. The lowest BCUT2D eigenvalue weighted by atomic mass is 10.1. The van der Waals surface area contributed by atoms with Gasteiger partial charge in [-0.15, -0.1) is 0 Å². The number of hydrogen-bond acceptors (Lipinski definition) is 2. The van der Waals surface area contributed by atoms with E-state index in [4.69, 9.17) is 0 Å². The number of nitrogens with zero attached hydrogens (tertiary/aromatic N) is 3. The summed E-state index contributed by atoms with van der Waals surface area (Å²) in [4.78, 5) is 12.8. The first-order valence-electron chi connectivity index (χ1n) is 10.3. The summed E-state index contributed by atoms with van der Waals surface area (Å²) in [7, 11) is 0. The van der Waals surface area contributed by atoms with E-state index >= 15 is 0 Å². The number of aromatic nitrogens is 3. The molecule has 0 N–H and O–H groups in total. The maximum atomic E-state index is 12.8. The molecule has 0 aliphatic carbocycles. The Morgan fingerprint density at radius 3 is 2.68 bits per heavy atom. The van der Waals surface area contributed by atoms with Crippen molar-refractivity contribution in [3.63, 3.8) is 0 Å². The van der Waals surface area contributed by atoms with Crippen molar-refractivity contribution in [3.8, 4) is 0 Å². The molecule has 2 aromatic heterocycles. The summed E-state index contributed by atoms with van der Waals surface area (Å²) in [5.41, 5.74) is 4.87. The van der Waals surface area contributed by atoms with Crippen molar-refractivity contribution < 1.29 is 4.79 Å². The zero-order valence-corrected chi connectivity index (χ0v) is 19.0. The van der Waals surface area contributed by atoms with Crippen LogP contribution in [0.2, 0.25) is 0 Å². The number of allylic oxidation sites excluding steroid dienone is 1. The topological polar surface area (TPSA) is 39.8 Å². The van der Waals surface area contributed by atoms with Crippen molar-refractivity contribution >= 4 is 27.8 Å². The summed E-state index contributed by atoms with van der Waals surface area (Å²) < 4.78 is 5.06. The molecule has 0 unspecified atom stereocenters. The predicted octanol–water partition coefficient (Wildman–Crippen LogP) is 5.94. The van der Waals surface area contributed by atoms with Crippen molar-refractivity contribution in [2.75, 3.05) is 0 Å². The number of ketones is 1. The highest BCUT2D eigenvalue weighted by atomic mass is 79.9. The molecule has 0 saturated heterocycles. The van der Waals surface area contributed by atoms with E-state index in [9.17, 15) is 4.79 Å². The number of benzene rings is 2. The second-order valence-electron chi connectivity index (χ2n) is 7.52. The average Bonchev–Trinajstić information content (AvgIpc) is 3.43. The number of hydrogen-bond donors (Lipinski definition) is 0. The maximum absolute atomic E-state index is 12.8. The van der Waals surface area contributed by atoms with E-state index in [1.54, 1.807) is 0 Å². The SMILES string of the molecule is Cc1ccc(C(=O)c2cccn2C/C=C/c2cnn(CCc3ccccc3Br)c2)cc1. The van der Waals surface area contributed by atoms with Crippen molar-refractivity contribution in [1.29, 1.82) is 0 Å². The lowest BCUT2D eigenvalue weighted by Crippen LogP contribution is -2.09. The first-order valence-corrected chi connectivity index (χ1v) is 11.1. The largest absolute Gasteiger partial charge is 0.341 e. The van der Waals surface area contributed by atoms with Gasteiger partial charge in [-0.2, -0.15) is 5.10 Å². The normalized spacial score (nSPS) is 11.3. The minimum atomic E-state index is 0.0401. The van der Waals surface area contributed by atoms with Crippen LogP contribution in [0.15, 0.2) is 89.8 Å². The number of carbonyl (C=O) groups is 1. The Kier molecular flexibility index (Phi) is 6.63. The van der Waals surface area contributed by atoms with Crippen molar-refractivity contribution in [2.45, 2.75) is 26.4 Å². The van der Waals surface area contributed by atoms with Crippen LogP contribution in [0.1, 0.15) is 32.7 Å². The molecule has 2 aromatic carbocycles. The van der Waals surface area contributed by atoms with E-state index in [1.807, 2.05) is 83.3 Å². The third-order valence-corrected chi connectivity index (χ3v) is 5.98. The fraction of sp³-hybridized carbons (Fsp3) is 0.154. The fourth-order valence-corrected chi connectivity index (χ4v) is 3.94. The minimum Gasteiger partial charge on any atom is -0.341 e. The van der Waals surface area contributed by atoms with Crippen molar-refractivity contribution in [1.82, 2.24) is 14.3 Å². The molecule has 2 heterocycles. The minimum absolute atomic E-state index is 0.0401. The van der Waals surface area contributed by atoms with Crippen LogP contribution in [-0.4, -0.2) is 20.1 Å². The predicted molar refractivity (Wildman–Crippen MR) is 128 cm³/mol. The molecule has 0 bridgehead atoms. The summed E-state index contributed by atoms with van der Waals surface area (Å²) in [5.74, 6) is 0.0401. The van der Waals surface area contributed by atoms with Crippen LogP contribution in [0.5, 0.6) is 0 Å². The Bertz CT molecular complexity index is 1200. The van der Waals surface area contributed by atoms with E-state index in [0.717, 1.165) is 28.6 Å². The highest BCUT2D eigenvalue weighted by molar-refractivity contribution is 9.10. The van der Waals surface area contributed by atoms with Gasteiger partial charge in [-0.25, -0.2) is 0 Å². The Balaban J connectivity index is 1.37. The molecule has 4 rings (SSSR count). The lowest BCUT2D eigenvalue weighted by molar-refractivity contribution is 0.103. The molecule has 4 nitrogen and oxygen atoms in total. The summed E-state index contributed by atoms with van der Waals surface area (Å²) in [6.45, 7) is 3.47. The summed E-state index contributed by atoms with van der Waals surface area (Å²) in [6.07, 6.45) is 10.9. The van der Waals surface area contributed by atoms with E-state index in [1.165, 1.54) is 5.56 Å². The molecular formula is C26H24BrN3O. The molecule has 0 amide bonds. The van der Waals surface area contributed by atoms with Gasteiger partial charge in [-0.3, -0.25) is 9.48 Å². The Hall–Kier alpha value is -3.18. The van der Waals surface area contributed by atoms with Gasteiger partial charge in [0.1, 0.15) is 0 Å². The smallest absolute Gasteiger partial charge is 0.209 e. The maximum Gasteiger partial charge on any atom is 0.209 e. The molecule has 31 heavy (non-hydrogen) atoms. The van der Waals surface area contributed by atoms with E-state index in [2.05, 4.69) is 45.3 Å². The highest BCUT2D eigenvalue weighted by Crippen LogP contribution is 2.17. The average molecular weight is 474 g/mol. The summed E-state index contributed by atoms with van der Waals surface area (Å²) >= 11 is 3.59. The first kappa shape index (κ1) is 21.1. The van der Waals surface area contributed by atoms with Gasteiger partial charge < -0.3 is 4.57 Å². The third-order valence-electron chi connectivity index (χ3n) is 5.21. The van der Waals surface area contributed by atoms with Gasteiger partial charge in [0.2, 0.25) is 5.78 Å². The third kappa shape index (κ3) is 5.30. The van der Waals surface area contributed by atoms with Gasteiger partial charge in [0.05, 0.1) is 11.9 Å². The molecular weight excluding hydrogens is 450 g/mol. The molecule has 0 fully saturated rings. The molecule has 5 heteroatoms. The van der Waals surface area contributed by atoms with Crippen LogP contribution >= 0.6 is 15.9 Å². The van der Waals surface area contributed by atoms with Crippen LogP contribution in [0.4, 0.5) is 0 Å². The van der Waals surface area contributed by atoms with Gasteiger partial charge >= 0.3 is 0 Å². The lowest BCUT2D eigenvalue weighted by Gasteiger charge is -2.06. The molecule has 0 spiro atoms. The molecule has 0 radical (unpaired) electrons. The van der Waals surface area contributed by atoms with Gasteiger partial charge in [0.25, 0.3) is 0 Å². The van der Waals surface area contributed by atoms with Gasteiger partial charge in [0.15, 0.2) is 0 Å². The van der Waals surface area contributed by atoms with E-state index in [0.29, 0.717) is 17.8 Å². The van der Waals surface area contributed by atoms with Crippen molar-refractivity contribution in [2.24, 2.45) is 0 Å². The Morgan fingerprint density at radius 1 is 1.06 bits per heavy atom. The highest BCUT2D eigenvalue weighted by Gasteiger charge is 2.12. The molecule has 0 atom stereocenters. The quantitative estimate of drug-likeness (QED) is 0.297. The Labute approximate surface area is 191 Å². The standard InChI is InChI=1S/C26H24BrN3O/c1-20-10-12-23(13-11-20)26(31)25-9-5-16-29(25)15-4-6-21-18-28-30(19-21)17-14-22-7-2-3-8-24(22)27/h2-13,16,18-19H,14-15,17H2,1H3/b6-4+. The number of carbonyl (C=O) groups excluding carboxylic acids is 1. The van der Waals surface area contributed by atoms with E-state index < -0.39 is 0 Å². The summed E-state index contributed by atoms with van der Waals surface area (Å²) in [5, 5.41) is 4.46. The van der Waals surface area contributed by atoms with Gasteiger partial charge in [-0.05, 0) is 37.1 Å². The van der Waals surface area contributed by atoms with Crippen LogP contribution in [0.3, 0.4) is 0 Å².